The Morgan fingerprint density at radius 2 is 1.94 bits per heavy atom. The molecular formula is C24H33NO7. The minimum atomic E-state index is -0.563. The third kappa shape index (κ3) is 5.54. The fourth-order valence-electron chi connectivity index (χ4n) is 4.50. The van der Waals surface area contributed by atoms with E-state index in [0.717, 1.165) is 37.0 Å². The van der Waals surface area contributed by atoms with Crippen molar-refractivity contribution in [3.63, 3.8) is 0 Å². The normalized spacial score (nSPS) is 22.9. The van der Waals surface area contributed by atoms with E-state index in [9.17, 15) is 4.79 Å². The smallest absolute Gasteiger partial charge is 0.288 e. The van der Waals surface area contributed by atoms with Crippen molar-refractivity contribution >= 4 is 5.91 Å². The number of hydrogen-bond acceptors (Lipinski definition) is 7. The molecule has 1 aromatic rings. The molecule has 8 heteroatoms. The summed E-state index contributed by atoms with van der Waals surface area (Å²) in [6, 6.07) is 6.10. The molecule has 2 aliphatic heterocycles. The lowest BCUT2D eigenvalue weighted by Crippen LogP contribution is -2.41. The van der Waals surface area contributed by atoms with Gasteiger partial charge in [-0.2, -0.15) is 0 Å². The standard InChI is InChI=1S/C24H33NO7/c1-25(19-5-3-2-4-6-19)24(27)22-14-18(15-23(32-22)29-12-11-28-10-9-26)17-7-8-20-21(13-17)31-16-30-20/h7-8,13-14,18-19,23,26H,2-6,9-12,15-16H2,1H3. The number of ether oxygens (including phenoxy) is 5. The highest BCUT2D eigenvalue weighted by Crippen LogP contribution is 2.38. The van der Waals surface area contributed by atoms with Gasteiger partial charge in [0, 0.05) is 25.4 Å². The van der Waals surface area contributed by atoms with Crippen molar-refractivity contribution in [1.29, 1.82) is 0 Å². The van der Waals surface area contributed by atoms with Crippen LogP contribution in [0.4, 0.5) is 0 Å². The number of rotatable bonds is 9. The Kier molecular flexibility index (Phi) is 7.89. The van der Waals surface area contributed by atoms with Gasteiger partial charge < -0.3 is 33.7 Å². The topological polar surface area (TPSA) is 86.7 Å². The molecule has 2 heterocycles. The van der Waals surface area contributed by atoms with E-state index in [0.29, 0.717) is 31.1 Å². The van der Waals surface area contributed by atoms with Gasteiger partial charge in [-0.25, -0.2) is 0 Å². The largest absolute Gasteiger partial charge is 0.459 e. The molecule has 0 saturated heterocycles. The molecule has 2 unspecified atom stereocenters. The summed E-state index contributed by atoms with van der Waals surface area (Å²) in [5.74, 6) is 1.61. The second-order valence-corrected chi connectivity index (χ2v) is 8.45. The van der Waals surface area contributed by atoms with Crippen LogP contribution in [0, 0.1) is 0 Å². The molecule has 3 aliphatic rings. The van der Waals surface area contributed by atoms with Gasteiger partial charge in [0.1, 0.15) is 0 Å². The maximum absolute atomic E-state index is 13.3. The number of allylic oxidation sites excluding steroid dienone is 1. The molecule has 0 spiro atoms. The number of aliphatic hydroxyl groups is 1. The summed E-state index contributed by atoms with van der Waals surface area (Å²) in [6.07, 6.45) is 7.52. The maximum Gasteiger partial charge on any atom is 0.288 e. The van der Waals surface area contributed by atoms with Crippen LogP contribution in [0.1, 0.15) is 50.0 Å². The summed E-state index contributed by atoms with van der Waals surface area (Å²) < 4.78 is 28.1. The highest BCUT2D eigenvalue weighted by atomic mass is 16.7. The van der Waals surface area contributed by atoms with Crippen molar-refractivity contribution in [2.45, 2.75) is 56.8 Å². The molecule has 1 aliphatic carbocycles. The van der Waals surface area contributed by atoms with Gasteiger partial charge in [0.25, 0.3) is 5.91 Å². The molecule has 32 heavy (non-hydrogen) atoms. The van der Waals surface area contributed by atoms with Crippen molar-refractivity contribution in [1.82, 2.24) is 4.90 Å². The van der Waals surface area contributed by atoms with Crippen LogP contribution in [-0.4, -0.2) is 68.5 Å². The van der Waals surface area contributed by atoms with Crippen molar-refractivity contribution in [3.05, 3.63) is 35.6 Å². The number of amides is 1. The third-order valence-electron chi connectivity index (χ3n) is 6.30. The van der Waals surface area contributed by atoms with Gasteiger partial charge in [-0.15, -0.1) is 0 Å². The van der Waals surface area contributed by atoms with E-state index in [2.05, 4.69) is 0 Å². The van der Waals surface area contributed by atoms with E-state index in [1.807, 2.05) is 36.2 Å². The summed E-state index contributed by atoms with van der Waals surface area (Å²) in [7, 11) is 1.87. The van der Waals surface area contributed by atoms with E-state index in [1.54, 1.807) is 0 Å². The predicted octanol–water partition coefficient (Wildman–Crippen LogP) is 2.95. The number of carbonyl (C=O) groups is 1. The van der Waals surface area contributed by atoms with E-state index in [4.69, 9.17) is 28.8 Å². The summed E-state index contributed by atoms with van der Waals surface area (Å²) in [6.45, 7) is 1.13. The van der Waals surface area contributed by atoms with Crippen molar-refractivity contribution in [2.75, 3.05) is 40.3 Å². The molecule has 0 radical (unpaired) electrons. The fourth-order valence-corrected chi connectivity index (χ4v) is 4.50. The van der Waals surface area contributed by atoms with Gasteiger partial charge >= 0.3 is 0 Å². The van der Waals surface area contributed by atoms with Crippen molar-refractivity contribution < 1.29 is 33.6 Å². The lowest BCUT2D eigenvalue weighted by Gasteiger charge is -2.34. The Morgan fingerprint density at radius 1 is 1.12 bits per heavy atom. The lowest BCUT2D eigenvalue weighted by molar-refractivity contribution is -0.157. The van der Waals surface area contributed by atoms with E-state index < -0.39 is 6.29 Å². The molecule has 0 bridgehead atoms. The zero-order valence-electron chi connectivity index (χ0n) is 18.7. The van der Waals surface area contributed by atoms with E-state index in [1.165, 1.54) is 6.42 Å². The molecule has 1 aromatic carbocycles. The molecule has 176 valence electrons. The van der Waals surface area contributed by atoms with Gasteiger partial charge in [-0.3, -0.25) is 4.79 Å². The first-order valence-electron chi connectivity index (χ1n) is 11.5. The first-order valence-corrected chi connectivity index (χ1v) is 11.5. The molecule has 8 nitrogen and oxygen atoms in total. The number of aliphatic hydroxyl groups excluding tert-OH is 1. The highest BCUT2D eigenvalue weighted by Gasteiger charge is 2.33. The Labute approximate surface area is 189 Å². The molecule has 1 fully saturated rings. The average Bonchev–Trinajstić information content (AvgIpc) is 3.31. The Hall–Kier alpha value is -2.29. The molecular weight excluding hydrogens is 414 g/mol. The van der Waals surface area contributed by atoms with Gasteiger partial charge in [0.05, 0.1) is 26.4 Å². The van der Waals surface area contributed by atoms with Gasteiger partial charge in [-0.1, -0.05) is 25.3 Å². The van der Waals surface area contributed by atoms with Crippen LogP contribution < -0.4 is 9.47 Å². The molecule has 4 rings (SSSR count). The Bertz CT molecular complexity index is 806. The third-order valence-corrected chi connectivity index (χ3v) is 6.30. The molecule has 1 saturated carbocycles. The molecule has 2 atom stereocenters. The second kappa shape index (κ2) is 11.0. The van der Waals surface area contributed by atoms with E-state index in [-0.39, 0.29) is 37.9 Å². The van der Waals surface area contributed by atoms with Gasteiger partial charge in [0.15, 0.2) is 17.3 Å². The lowest BCUT2D eigenvalue weighted by atomic mass is 9.91. The monoisotopic (exact) mass is 447 g/mol. The van der Waals surface area contributed by atoms with Crippen molar-refractivity contribution in [2.24, 2.45) is 0 Å². The number of nitrogens with zero attached hydrogens (tertiary/aromatic N) is 1. The SMILES string of the molecule is CN(C(=O)C1=CC(c2ccc3c(c2)OCO3)CC(OCCOCCO)O1)C1CCCCC1. The molecule has 1 N–H and O–H groups in total. The van der Waals surface area contributed by atoms with Crippen LogP contribution in [-0.2, 0) is 19.0 Å². The summed E-state index contributed by atoms with van der Waals surface area (Å²) in [4.78, 5) is 15.1. The number of benzene rings is 1. The average molecular weight is 448 g/mol. The van der Waals surface area contributed by atoms with Crippen LogP contribution in [0.2, 0.25) is 0 Å². The number of hydrogen-bond donors (Lipinski definition) is 1. The number of fused-ring (bicyclic) bond motifs is 1. The zero-order chi connectivity index (χ0) is 22.3. The van der Waals surface area contributed by atoms with Gasteiger partial charge in [-0.05, 0) is 36.6 Å². The molecule has 0 aromatic heterocycles. The maximum atomic E-state index is 13.3. The van der Waals surface area contributed by atoms with Crippen LogP contribution >= 0.6 is 0 Å². The van der Waals surface area contributed by atoms with Crippen LogP contribution in [0.25, 0.3) is 0 Å². The highest BCUT2D eigenvalue weighted by molar-refractivity contribution is 5.91. The van der Waals surface area contributed by atoms with Gasteiger partial charge in [0.2, 0.25) is 13.1 Å². The minimum absolute atomic E-state index is 0.0268. The number of likely N-dealkylation sites (N-methyl/N-ethyl adjacent to an activating group) is 1. The molecule has 1 amide bonds. The summed E-state index contributed by atoms with van der Waals surface area (Å²) in [5.41, 5.74) is 1.02. The summed E-state index contributed by atoms with van der Waals surface area (Å²) in [5, 5.41) is 8.84. The summed E-state index contributed by atoms with van der Waals surface area (Å²) >= 11 is 0. The quantitative estimate of drug-likeness (QED) is 0.583. The first kappa shape index (κ1) is 22.9. The Balaban J connectivity index is 1.49. The van der Waals surface area contributed by atoms with Crippen LogP contribution in [0.5, 0.6) is 11.5 Å². The Morgan fingerprint density at radius 3 is 2.75 bits per heavy atom. The minimum Gasteiger partial charge on any atom is -0.459 e. The zero-order valence-corrected chi connectivity index (χ0v) is 18.7. The number of carbonyl (C=O) groups excluding carboxylic acids is 1. The van der Waals surface area contributed by atoms with Crippen LogP contribution in [0.15, 0.2) is 30.0 Å². The van der Waals surface area contributed by atoms with E-state index >= 15 is 0 Å². The van der Waals surface area contributed by atoms with Crippen molar-refractivity contribution in [3.8, 4) is 11.5 Å². The first-order chi connectivity index (χ1) is 15.7. The second-order valence-electron chi connectivity index (χ2n) is 8.45. The predicted molar refractivity (Wildman–Crippen MR) is 116 cm³/mol. The van der Waals surface area contributed by atoms with Crippen LogP contribution in [0.3, 0.4) is 0 Å². The fraction of sp³-hybridized carbons (Fsp3) is 0.625.